The smallest absolute Gasteiger partial charge is 0.242 e. The van der Waals surface area contributed by atoms with Gasteiger partial charge in [-0.1, -0.05) is 31.0 Å². The second kappa shape index (κ2) is 7.39. The van der Waals surface area contributed by atoms with Crippen LogP contribution in [0.25, 0.3) is 0 Å². The van der Waals surface area contributed by atoms with Gasteiger partial charge < -0.3 is 10.6 Å². The zero-order valence-electron chi connectivity index (χ0n) is 12.1. The first-order chi connectivity index (χ1) is 8.93. The summed E-state index contributed by atoms with van der Waals surface area (Å²) in [6.07, 6.45) is 2.05. The van der Waals surface area contributed by atoms with E-state index in [1.807, 2.05) is 39.0 Å². The summed E-state index contributed by atoms with van der Waals surface area (Å²) in [5.41, 5.74) is 1.91. The van der Waals surface area contributed by atoms with E-state index < -0.39 is 0 Å². The quantitative estimate of drug-likeness (QED) is 0.834. The van der Waals surface area contributed by atoms with Gasteiger partial charge in [0.1, 0.15) is 6.04 Å². The summed E-state index contributed by atoms with van der Waals surface area (Å²) in [5, 5.41) is 6.78. The van der Waals surface area contributed by atoms with E-state index in [1.54, 1.807) is 0 Å². The molecule has 0 fully saturated rings. The van der Waals surface area contributed by atoms with Gasteiger partial charge in [0, 0.05) is 6.04 Å². The first-order valence-corrected chi connectivity index (χ1v) is 7.15. The number of aryl methyl sites for hydroxylation is 1. The lowest BCUT2D eigenvalue weighted by atomic mass is 10.1. The van der Waals surface area contributed by atoms with Gasteiger partial charge in [0.05, 0.1) is 10.7 Å². The molecule has 19 heavy (non-hydrogen) atoms. The Balaban J connectivity index is 2.61. The molecule has 0 spiro atoms. The molecule has 0 saturated heterocycles. The lowest BCUT2D eigenvalue weighted by Crippen LogP contribution is -2.42. The number of anilines is 1. The molecule has 1 amide bonds. The molecule has 2 N–H and O–H groups in total. The predicted molar refractivity (Wildman–Crippen MR) is 81.8 cm³/mol. The number of amides is 1. The average Bonchev–Trinajstić information content (AvgIpc) is 2.34. The van der Waals surface area contributed by atoms with Crippen molar-refractivity contribution in [2.24, 2.45) is 0 Å². The molecular weight excluding hydrogens is 260 g/mol. The van der Waals surface area contributed by atoms with E-state index in [-0.39, 0.29) is 18.0 Å². The largest absolute Gasteiger partial charge is 0.373 e. The van der Waals surface area contributed by atoms with Crippen LogP contribution < -0.4 is 10.6 Å². The number of benzene rings is 1. The fourth-order valence-electron chi connectivity index (χ4n) is 1.92. The van der Waals surface area contributed by atoms with E-state index in [2.05, 4.69) is 17.6 Å². The van der Waals surface area contributed by atoms with Crippen molar-refractivity contribution in [3.63, 3.8) is 0 Å². The highest BCUT2D eigenvalue weighted by molar-refractivity contribution is 6.33. The van der Waals surface area contributed by atoms with Crippen molar-refractivity contribution < 1.29 is 4.79 Å². The Kier molecular flexibility index (Phi) is 6.16. The second-order valence-electron chi connectivity index (χ2n) is 5.05. The van der Waals surface area contributed by atoms with Crippen LogP contribution in [0, 0.1) is 6.92 Å². The molecule has 3 nitrogen and oxygen atoms in total. The summed E-state index contributed by atoms with van der Waals surface area (Å²) in [6, 6.07) is 5.63. The van der Waals surface area contributed by atoms with Crippen LogP contribution in [0.3, 0.4) is 0 Å². The fourth-order valence-corrected chi connectivity index (χ4v) is 2.09. The topological polar surface area (TPSA) is 41.1 Å². The summed E-state index contributed by atoms with van der Waals surface area (Å²) in [5.74, 6) is -0.00137. The highest BCUT2D eigenvalue weighted by Gasteiger charge is 2.15. The Bertz CT molecular complexity index is 434. The van der Waals surface area contributed by atoms with E-state index >= 15 is 0 Å². The molecule has 1 rings (SSSR count). The lowest BCUT2D eigenvalue weighted by Gasteiger charge is -2.19. The first kappa shape index (κ1) is 15.8. The van der Waals surface area contributed by atoms with Crippen molar-refractivity contribution in [3.05, 3.63) is 28.8 Å². The third-order valence-electron chi connectivity index (χ3n) is 3.00. The van der Waals surface area contributed by atoms with Gasteiger partial charge in [0.25, 0.3) is 0 Å². The Morgan fingerprint density at radius 3 is 2.68 bits per heavy atom. The van der Waals surface area contributed by atoms with E-state index in [9.17, 15) is 4.79 Å². The van der Waals surface area contributed by atoms with Gasteiger partial charge in [-0.3, -0.25) is 4.79 Å². The van der Waals surface area contributed by atoms with Crippen LogP contribution in [-0.2, 0) is 4.79 Å². The van der Waals surface area contributed by atoms with Crippen molar-refractivity contribution in [1.29, 1.82) is 0 Å². The summed E-state index contributed by atoms with van der Waals surface area (Å²) < 4.78 is 0. The van der Waals surface area contributed by atoms with E-state index in [4.69, 9.17) is 11.6 Å². The van der Waals surface area contributed by atoms with Crippen molar-refractivity contribution in [2.75, 3.05) is 5.32 Å². The predicted octanol–water partition coefficient (Wildman–Crippen LogP) is 3.75. The van der Waals surface area contributed by atoms with Gasteiger partial charge in [0.2, 0.25) is 5.91 Å². The summed E-state index contributed by atoms with van der Waals surface area (Å²) in [7, 11) is 0. The monoisotopic (exact) mass is 282 g/mol. The molecule has 1 aromatic carbocycles. The Morgan fingerprint density at radius 1 is 1.37 bits per heavy atom. The van der Waals surface area contributed by atoms with Crippen LogP contribution >= 0.6 is 11.6 Å². The molecule has 0 aliphatic rings. The van der Waals surface area contributed by atoms with Gasteiger partial charge in [-0.15, -0.1) is 0 Å². The van der Waals surface area contributed by atoms with Crippen molar-refractivity contribution in [1.82, 2.24) is 5.32 Å². The highest BCUT2D eigenvalue weighted by atomic mass is 35.5. The average molecular weight is 283 g/mol. The number of rotatable bonds is 6. The first-order valence-electron chi connectivity index (χ1n) is 6.77. The van der Waals surface area contributed by atoms with Gasteiger partial charge in [-0.25, -0.2) is 0 Å². The molecular formula is C15H23ClN2O. The SMILES string of the molecule is CCCC(C)NC(=O)C(C)Nc1cc(C)ccc1Cl. The minimum absolute atomic E-state index is 0.00137. The number of nitrogens with one attached hydrogen (secondary N) is 2. The highest BCUT2D eigenvalue weighted by Crippen LogP contribution is 2.23. The fraction of sp³-hybridized carbons (Fsp3) is 0.533. The maximum atomic E-state index is 12.0. The normalized spacial score (nSPS) is 13.7. The molecule has 0 saturated carbocycles. The molecule has 0 bridgehead atoms. The molecule has 0 radical (unpaired) electrons. The Hall–Kier alpha value is -1.22. The zero-order chi connectivity index (χ0) is 14.4. The minimum atomic E-state index is -0.307. The van der Waals surface area contributed by atoms with Crippen LogP contribution in [0.5, 0.6) is 0 Å². The van der Waals surface area contributed by atoms with E-state index in [0.717, 1.165) is 24.1 Å². The standard InChI is InChI=1S/C15H23ClN2O/c1-5-6-11(3)17-15(19)12(4)18-14-9-10(2)7-8-13(14)16/h7-9,11-12,18H,5-6H2,1-4H3,(H,17,19). The lowest BCUT2D eigenvalue weighted by molar-refractivity contribution is -0.122. The second-order valence-corrected chi connectivity index (χ2v) is 5.45. The third kappa shape index (κ3) is 5.11. The summed E-state index contributed by atoms with van der Waals surface area (Å²) in [6.45, 7) is 7.97. The molecule has 0 aliphatic heterocycles. The maximum absolute atomic E-state index is 12.0. The van der Waals surface area contributed by atoms with Crippen LogP contribution in [0.4, 0.5) is 5.69 Å². The zero-order valence-corrected chi connectivity index (χ0v) is 12.8. The number of carbonyl (C=O) groups is 1. The van der Waals surface area contributed by atoms with Gasteiger partial charge in [-0.05, 0) is 44.9 Å². The van der Waals surface area contributed by atoms with Gasteiger partial charge in [-0.2, -0.15) is 0 Å². The molecule has 0 heterocycles. The Morgan fingerprint density at radius 2 is 2.05 bits per heavy atom. The Labute approximate surface area is 120 Å². The van der Waals surface area contributed by atoms with E-state index in [0.29, 0.717) is 5.02 Å². The molecule has 4 heteroatoms. The maximum Gasteiger partial charge on any atom is 0.242 e. The summed E-state index contributed by atoms with van der Waals surface area (Å²) in [4.78, 5) is 12.0. The molecule has 0 aliphatic carbocycles. The van der Waals surface area contributed by atoms with Crippen LogP contribution in [0.2, 0.25) is 5.02 Å². The van der Waals surface area contributed by atoms with Gasteiger partial charge in [0.15, 0.2) is 0 Å². The van der Waals surface area contributed by atoms with Gasteiger partial charge >= 0.3 is 0 Å². The molecule has 1 aromatic rings. The van der Waals surface area contributed by atoms with E-state index in [1.165, 1.54) is 0 Å². The van der Waals surface area contributed by atoms with Crippen molar-refractivity contribution in [2.45, 2.75) is 52.6 Å². The number of hydrogen-bond acceptors (Lipinski definition) is 2. The molecule has 0 aromatic heterocycles. The number of halogens is 1. The molecule has 106 valence electrons. The molecule has 2 unspecified atom stereocenters. The molecule has 2 atom stereocenters. The minimum Gasteiger partial charge on any atom is -0.373 e. The number of carbonyl (C=O) groups excluding carboxylic acids is 1. The van der Waals surface area contributed by atoms with Crippen LogP contribution in [0.15, 0.2) is 18.2 Å². The van der Waals surface area contributed by atoms with Crippen LogP contribution in [-0.4, -0.2) is 18.0 Å². The number of hydrogen-bond donors (Lipinski definition) is 2. The third-order valence-corrected chi connectivity index (χ3v) is 3.33. The van der Waals surface area contributed by atoms with Crippen molar-refractivity contribution in [3.8, 4) is 0 Å². The van der Waals surface area contributed by atoms with Crippen LogP contribution in [0.1, 0.15) is 39.2 Å². The van der Waals surface area contributed by atoms with Crippen molar-refractivity contribution >= 4 is 23.2 Å². The summed E-state index contributed by atoms with van der Waals surface area (Å²) >= 11 is 6.11.